The Hall–Kier alpha value is -1.49. The van der Waals surface area contributed by atoms with Crippen LogP contribution in [0, 0.1) is 0 Å². The van der Waals surface area contributed by atoms with E-state index < -0.39 is 11.0 Å². The number of rotatable bonds is 3. The van der Waals surface area contributed by atoms with Gasteiger partial charge in [-0.05, 0) is 38.5 Å². The van der Waals surface area contributed by atoms with Gasteiger partial charge < -0.3 is 4.74 Å². The predicted octanol–water partition coefficient (Wildman–Crippen LogP) is 2.35. The maximum Gasteiger partial charge on any atom is 0.337 e. The molecule has 0 fully saturated rings. The van der Waals surface area contributed by atoms with Gasteiger partial charge in [0.2, 0.25) is 0 Å². The number of ether oxygens (including phenoxy) is 1. The van der Waals surface area contributed by atoms with E-state index in [2.05, 4.69) is 9.13 Å². The van der Waals surface area contributed by atoms with Crippen LogP contribution in [0.1, 0.15) is 36.7 Å². The van der Waals surface area contributed by atoms with Gasteiger partial charge in [-0.25, -0.2) is 9.00 Å². The Morgan fingerprint density at radius 2 is 1.83 bits per heavy atom. The van der Waals surface area contributed by atoms with Gasteiger partial charge in [0.25, 0.3) is 0 Å². The fourth-order valence-electron chi connectivity index (χ4n) is 1.09. The second kappa shape index (κ2) is 5.91. The molecular formula is C13H17NO3S. The molecule has 0 aliphatic carbocycles. The van der Waals surface area contributed by atoms with E-state index in [-0.39, 0.29) is 10.7 Å². The predicted molar refractivity (Wildman–Crippen MR) is 73.3 cm³/mol. The molecule has 4 nitrogen and oxygen atoms in total. The number of methoxy groups -OCH3 is 1. The molecule has 18 heavy (non-hydrogen) atoms. The Balaban J connectivity index is 2.79. The summed E-state index contributed by atoms with van der Waals surface area (Å²) in [5.74, 6) is -0.378. The van der Waals surface area contributed by atoms with Crippen molar-refractivity contribution >= 4 is 23.2 Å². The van der Waals surface area contributed by atoms with Gasteiger partial charge in [-0.2, -0.15) is 4.40 Å². The monoisotopic (exact) mass is 267 g/mol. The third kappa shape index (κ3) is 4.07. The fourth-order valence-corrected chi connectivity index (χ4v) is 1.62. The zero-order chi connectivity index (χ0) is 13.8. The molecule has 0 saturated carbocycles. The van der Waals surface area contributed by atoms with Crippen molar-refractivity contribution in [2.24, 2.45) is 4.40 Å². The van der Waals surface area contributed by atoms with Crippen molar-refractivity contribution in [2.45, 2.75) is 25.5 Å². The summed E-state index contributed by atoms with van der Waals surface area (Å²) in [5.41, 5.74) is 1.27. The van der Waals surface area contributed by atoms with Gasteiger partial charge in [-0.3, -0.25) is 0 Å². The topological polar surface area (TPSA) is 55.7 Å². The number of carbonyl (C=O) groups is 1. The van der Waals surface area contributed by atoms with Gasteiger partial charge in [0, 0.05) is 6.21 Å². The smallest absolute Gasteiger partial charge is 0.337 e. The van der Waals surface area contributed by atoms with E-state index >= 15 is 0 Å². The lowest BCUT2D eigenvalue weighted by Crippen LogP contribution is -2.19. The van der Waals surface area contributed by atoms with Crippen LogP contribution in [-0.4, -0.2) is 28.2 Å². The van der Waals surface area contributed by atoms with Crippen LogP contribution in [0.2, 0.25) is 0 Å². The van der Waals surface area contributed by atoms with Crippen molar-refractivity contribution in [1.82, 2.24) is 0 Å². The maximum absolute atomic E-state index is 11.7. The Morgan fingerprint density at radius 3 is 2.28 bits per heavy atom. The number of esters is 1. The average molecular weight is 267 g/mol. The van der Waals surface area contributed by atoms with Crippen LogP contribution in [0.15, 0.2) is 28.7 Å². The molecule has 0 aliphatic heterocycles. The molecule has 0 radical (unpaired) electrons. The first kappa shape index (κ1) is 14.6. The van der Waals surface area contributed by atoms with Crippen molar-refractivity contribution in [3.63, 3.8) is 0 Å². The first-order valence-corrected chi connectivity index (χ1v) is 6.59. The average Bonchev–Trinajstić information content (AvgIpc) is 2.34. The molecule has 0 heterocycles. The maximum atomic E-state index is 11.7. The highest BCUT2D eigenvalue weighted by Crippen LogP contribution is 2.12. The molecule has 1 aromatic carbocycles. The Morgan fingerprint density at radius 1 is 1.28 bits per heavy atom. The van der Waals surface area contributed by atoms with Crippen LogP contribution >= 0.6 is 0 Å². The third-order valence-corrected chi connectivity index (χ3v) is 3.50. The SMILES string of the molecule is COC(=O)c1ccc(/C=N/[S@@](=O)C(C)(C)C)cc1. The molecule has 0 N–H and O–H groups in total. The summed E-state index contributed by atoms with van der Waals surface area (Å²) < 4.78 is 19.9. The standard InChI is InChI=1S/C13H17NO3S/c1-13(2,3)18(16)14-9-10-5-7-11(8-6-10)12(15)17-4/h5-9H,1-4H3/b14-9+/t18-/m0/s1. The first-order chi connectivity index (χ1) is 8.34. The highest BCUT2D eigenvalue weighted by atomic mass is 32.2. The number of benzene rings is 1. The molecule has 0 bridgehead atoms. The van der Waals surface area contributed by atoms with Gasteiger partial charge in [0.1, 0.15) is 11.0 Å². The summed E-state index contributed by atoms with van der Waals surface area (Å²) in [5, 5.41) is 0. The molecule has 0 aliphatic rings. The van der Waals surface area contributed by atoms with Crippen LogP contribution in [0.4, 0.5) is 0 Å². The number of carbonyl (C=O) groups excluding carboxylic acids is 1. The van der Waals surface area contributed by atoms with Gasteiger partial charge in [0.15, 0.2) is 0 Å². The highest BCUT2D eigenvalue weighted by Gasteiger charge is 2.18. The normalized spacial score (nSPS) is 13.6. The fraction of sp³-hybridized carbons (Fsp3) is 0.385. The van der Waals surface area contributed by atoms with E-state index in [1.54, 1.807) is 30.5 Å². The lowest BCUT2D eigenvalue weighted by molar-refractivity contribution is 0.0600. The van der Waals surface area contributed by atoms with E-state index in [4.69, 9.17) is 0 Å². The van der Waals surface area contributed by atoms with Crippen LogP contribution < -0.4 is 0 Å². The van der Waals surface area contributed by atoms with Gasteiger partial charge in [0.05, 0.1) is 17.4 Å². The van der Waals surface area contributed by atoms with Crippen molar-refractivity contribution < 1.29 is 13.7 Å². The van der Waals surface area contributed by atoms with Crippen LogP contribution in [0.25, 0.3) is 0 Å². The summed E-state index contributed by atoms with van der Waals surface area (Å²) in [6.07, 6.45) is 1.54. The van der Waals surface area contributed by atoms with Crippen molar-refractivity contribution in [3.8, 4) is 0 Å². The summed E-state index contributed by atoms with van der Waals surface area (Å²) in [6.45, 7) is 5.59. The Labute approximate surface area is 110 Å². The minimum absolute atomic E-state index is 0.373. The Bertz CT molecular complexity index is 472. The zero-order valence-corrected chi connectivity index (χ0v) is 11.8. The first-order valence-electron chi connectivity index (χ1n) is 5.49. The number of hydrogen-bond donors (Lipinski definition) is 0. The van der Waals surface area contributed by atoms with Crippen molar-refractivity contribution in [2.75, 3.05) is 7.11 Å². The van der Waals surface area contributed by atoms with E-state index in [0.29, 0.717) is 5.56 Å². The third-order valence-electron chi connectivity index (χ3n) is 2.15. The highest BCUT2D eigenvalue weighted by molar-refractivity contribution is 7.85. The van der Waals surface area contributed by atoms with E-state index in [1.165, 1.54) is 7.11 Å². The lowest BCUT2D eigenvalue weighted by Gasteiger charge is -2.12. The van der Waals surface area contributed by atoms with Crippen molar-refractivity contribution in [1.29, 1.82) is 0 Å². The molecule has 0 spiro atoms. The molecular weight excluding hydrogens is 250 g/mol. The molecule has 1 aromatic rings. The second-order valence-electron chi connectivity index (χ2n) is 4.71. The summed E-state index contributed by atoms with van der Waals surface area (Å²) in [6, 6.07) is 6.76. The van der Waals surface area contributed by atoms with E-state index in [0.717, 1.165) is 5.56 Å². The molecule has 0 amide bonds. The zero-order valence-electron chi connectivity index (χ0n) is 11.0. The molecule has 0 unspecified atom stereocenters. The largest absolute Gasteiger partial charge is 0.465 e. The molecule has 1 rings (SSSR count). The van der Waals surface area contributed by atoms with Gasteiger partial charge in [-0.15, -0.1) is 0 Å². The van der Waals surface area contributed by atoms with E-state index in [9.17, 15) is 9.00 Å². The van der Waals surface area contributed by atoms with Gasteiger partial charge in [-0.1, -0.05) is 12.1 Å². The van der Waals surface area contributed by atoms with Crippen LogP contribution in [-0.2, 0) is 15.7 Å². The van der Waals surface area contributed by atoms with Crippen LogP contribution in [0.3, 0.4) is 0 Å². The number of nitrogens with zero attached hydrogens (tertiary/aromatic N) is 1. The second-order valence-corrected chi connectivity index (χ2v) is 6.64. The Kier molecular flexibility index (Phi) is 4.78. The molecule has 0 aromatic heterocycles. The summed E-state index contributed by atoms with van der Waals surface area (Å²) in [4.78, 5) is 11.2. The van der Waals surface area contributed by atoms with Gasteiger partial charge >= 0.3 is 5.97 Å². The van der Waals surface area contributed by atoms with E-state index in [1.807, 2.05) is 20.8 Å². The number of hydrogen-bond acceptors (Lipinski definition) is 3. The lowest BCUT2D eigenvalue weighted by atomic mass is 10.1. The minimum Gasteiger partial charge on any atom is -0.465 e. The molecule has 0 saturated heterocycles. The summed E-state index contributed by atoms with van der Waals surface area (Å²) in [7, 11) is 0.0617. The minimum atomic E-state index is -1.28. The summed E-state index contributed by atoms with van der Waals surface area (Å²) >= 11 is 0. The van der Waals surface area contributed by atoms with Crippen molar-refractivity contribution in [3.05, 3.63) is 35.4 Å². The molecule has 98 valence electrons. The quantitative estimate of drug-likeness (QED) is 0.624. The van der Waals surface area contributed by atoms with Crippen LogP contribution in [0.5, 0.6) is 0 Å². The molecule has 1 atom stereocenters. The molecule has 5 heteroatoms.